The Kier molecular flexibility index (Phi) is 6.57. The van der Waals surface area contributed by atoms with Gasteiger partial charge in [-0.25, -0.2) is 0 Å². The summed E-state index contributed by atoms with van der Waals surface area (Å²) in [6.45, 7) is 6.62. The van der Waals surface area contributed by atoms with E-state index in [4.69, 9.17) is 11.6 Å². The number of nitrogens with zero attached hydrogens (tertiary/aromatic N) is 1. The van der Waals surface area contributed by atoms with Crippen molar-refractivity contribution >= 4 is 34.8 Å². The molecule has 1 aliphatic rings. The van der Waals surface area contributed by atoms with Crippen LogP contribution >= 0.6 is 11.6 Å². The highest BCUT2D eigenvalue weighted by Crippen LogP contribution is 2.28. The highest BCUT2D eigenvalue weighted by Gasteiger charge is 2.20. The van der Waals surface area contributed by atoms with Gasteiger partial charge in [0.1, 0.15) is 0 Å². The molecule has 0 aliphatic carbocycles. The molecule has 2 N–H and O–H groups in total. The van der Waals surface area contributed by atoms with E-state index < -0.39 is 0 Å². The predicted molar refractivity (Wildman–Crippen MR) is 114 cm³/mol. The van der Waals surface area contributed by atoms with Crippen LogP contribution in [0.2, 0.25) is 5.02 Å². The monoisotopic (exact) mass is 399 g/mol. The van der Waals surface area contributed by atoms with Crippen LogP contribution in [0.5, 0.6) is 0 Å². The van der Waals surface area contributed by atoms with E-state index in [1.165, 1.54) is 0 Å². The molecule has 1 saturated heterocycles. The van der Waals surface area contributed by atoms with Crippen molar-refractivity contribution in [2.24, 2.45) is 5.92 Å². The van der Waals surface area contributed by atoms with E-state index in [0.717, 1.165) is 31.6 Å². The van der Waals surface area contributed by atoms with Gasteiger partial charge in [-0.1, -0.05) is 25.4 Å². The maximum atomic E-state index is 12.8. The molecule has 6 heteroatoms. The topological polar surface area (TPSA) is 61.4 Å². The van der Waals surface area contributed by atoms with Crippen LogP contribution < -0.4 is 15.5 Å². The van der Waals surface area contributed by atoms with Gasteiger partial charge in [0.2, 0.25) is 0 Å². The van der Waals surface area contributed by atoms with Crippen molar-refractivity contribution in [3.05, 3.63) is 58.6 Å². The standard InChI is InChI=1S/C22H26ClN3O2/c1-15(2)14-24-22(28)19-13-18(9-10-20(19)26-11-3-4-12-26)25-21(27)16-5-7-17(23)8-6-16/h5-10,13,15H,3-4,11-12,14H2,1-2H3,(H,24,28)(H,25,27). The summed E-state index contributed by atoms with van der Waals surface area (Å²) in [5, 5.41) is 6.44. The number of benzene rings is 2. The van der Waals surface area contributed by atoms with E-state index in [-0.39, 0.29) is 11.8 Å². The zero-order chi connectivity index (χ0) is 20.1. The molecule has 1 heterocycles. The van der Waals surface area contributed by atoms with E-state index >= 15 is 0 Å². The van der Waals surface area contributed by atoms with Gasteiger partial charge >= 0.3 is 0 Å². The first kappa shape index (κ1) is 20.2. The Balaban J connectivity index is 1.83. The van der Waals surface area contributed by atoms with Crippen molar-refractivity contribution < 1.29 is 9.59 Å². The number of rotatable bonds is 6. The minimum absolute atomic E-state index is 0.113. The van der Waals surface area contributed by atoms with E-state index in [2.05, 4.69) is 29.4 Å². The maximum Gasteiger partial charge on any atom is 0.255 e. The molecule has 2 amide bonds. The van der Waals surface area contributed by atoms with Crippen LogP contribution in [0.1, 0.15) is 47.4 Å². The van der Waals surface area contributed by atoms with Crippen molar-refractivity contribution in [2.45, 2.75) is 26.7 Å². The zero-order valence-corrected chi connectivity index (χ0v) is 17.1. The summed E-state index contributed by atoms with van der Waals surface area (Å²) in [4.78, 5) is 27.5. The molecule has 2 aromatic carbocycles. The zero-order valence-electron chi connectivity index (χ0n) is 16.3. The second kappa shape index (κ2) is 9.11. The van der Waals surface area contributed by atoms with Crippen molar-refractivity contribution in [1.29, 1.82) is 0 Å². The second-order valence-electron chi connectivity index (χ2n) is 7.49. The molecule has 0 unspecified atom stereocenters. The molecule has 1 aliphatic heterocycles. The van der Waals surface area contributed by atoms with E-state index in [1.54, 1.807) is 30.3 Å². The Morgan fingerprint density at radius 1 is 1.04 bits per heavy atom. The number of amides is 2. The molecular weight excluding hydrogens is 374 g/mol. The maximum absolute atomic E-state index is 12.8. The number of halogens is 1. The molecule has 0 radical (unpaired) electrons. The number of anilines is 2. The van der Waals surface area contributed by atoms with Crippen LogP contribution in [0.3, 0.4) is 0 Å². The first-order valence-corrected chi connectivity index (χ1v) is 10.1. The highest BCUT2D eigenvalue weighted by atomic mass is 35.5. The Bertz CT molecular complexity index is 843. The summed E-state index contributed by atoms with van der Waals surface area (Å²) in [5.74, 6) is 0.0179. The summed E-state index contributed by atoms with van der Waals surface area (Å²) in [6, 6.07) is 12.2. The molecule has 28 heavy (non-hydrogen) atoms. The van der Waals surface area contributed by atoms with Gasteiger partial charge < -0.3 is 15.5 Å². The third-order valence-electron chi connectivity index (χ3n) is 4.72. The molecule has 3 rings (SSSR count). The molecule has 5 nitrogen and oxygen atoms in total. The lowest BCUT2D eigenvalue weighted by Gasteiger charge is -2.22. The fraction of sp³-hybridized carbons (Fsp3) is 0.364. The fourth-order valence-corrected chi connectivity index (χ4v) is 3.35. The lowest BCUT2D eigenvalue weighted by atomic mass is 10.1. The number of nitrogens with one attached hydrogen (secondary N) is 2. The molecule has 0 saturated carbocycles. The summed E-state index contributed by atoms with van der Waals surface area (Å²) in [5.41, 5.74) is 2.62. The van der Waals surface area contributed by atoms with Crippen LogP contribution in [-0.2, 0) is 0 Å². The predicted octanol–water partition coefficient (Wildman–Crippen LogP) is 4.58. The highest BCUT2D eigenvalue weighted by molar-refractivity contribution is 6.30. The molecule has 0 aromatic heterocycles. The molecule has 0 spiro atoms. The second-order valence-corrected chi connectivity index (χ2v) is 7.93. The lowest BCUT2D eigenvalue weighted by molar-refractivity contribution is 0.0948. The minimum atomic E-state index is -0.237. The van der Waals surface area contributed by atoms with E-state index in [0.29, 0.717) is 34.3 Å². The molecule has 1 fully saturated rings. The van der Waals surface area contributed by atoms with Crippen LogP contribution in [0, 0.1) is 5.92 Å². The van der Waals surface area contributed by atoms with E-state index in [1.807, 2.05) is 12.1 Å². The summed E-state index contributed by atoms with van der Waals surface area (Å²) in [6.07, 6.45) is 2.25. The molecular formula is C22H26ClN3O2. The van der Waals surface area contributed by atoms with Gasteiger partial charge in [-0.15, -0.1) is 0 Å². The lowest BCUT2D eigenvalue weighted by Crippen LogP contribution is -2.30. The first-order valence-electron chi connectivity index (χ1n) is 9.68. The Morgan fingerprint density at radius 3 is 2.36 bits per heavy atom. The Labute approximate surface area is 171 Å². The van der Waals surface area contributed by atoms with Gasteiger partial charge in [-0.2, -0.15) is 0 Å². The minimum Gasteiger partial charge on any atom is -0.371 e. The van der Waals surface area contributed by atoms with E-state index in [9.17, 15) is 9.59 Å². The van der Waals surface area contributed by atoms with Gasteiger partial charge in [0.25, 0.3) is 11.8 Å². The van der Waals surface area contributed by atoms with Gasteiger partial charge in [0.15, 0.2) is 0 Å². The quantitative estimate of drug-likeness (QED) is 0.747. The molecule has 0 atom stereocenters. The van der Waals surface area contributed by atoms with Crippen molar-refractivity contribution in [1.82, 2.24) is 5.32 Å². The van der Waals surface area contributed by atoms with Gasteiger partial charge in [0, 0.05) is 41.6 Å². The van der Waals surface area contributed by atoms with Crippen molar-refractivity contribution in [2.75, 3.05) is 29.9 Å². The molecule has 0 bridgehead atoms. The first-order chi connectivity index (χ1) is 13.4. The Morgan fingerprint density at radius 2 is 1.71 bits per heavy atom. The Hall–Kier alpha value is -2.53. The van der Waals surface area contributed by atoms with Crippen LogP contribution in [0.25, 0.3) is 0 Å². The number of carbonyl (C=O) groups excluding carboxylic acids is 2. The van der Waals surface area contributed by atoms with Gasteiger partial charge in [-0.3, -0.25) is 9.59 Å². The van der Waals surface area contributed by atoms with Gasteiger partial charge in [0.05, 0.1) is 5.56 Å². The fourth-order valence-electron chi connectivity index (χ4n) is 3.23. The summed E-state index contributed by atoms with van der Waals surface area (Å²) >= 11 is 5.88. The van der Waals surface area contributed by atoms with Crippen LogP contribution in [-0.4, -0.2) is 31.4 Å². The SMILES string of the molecule is CC(C)CNC(=O)c1cc(NC(=O)c2ccc(Cl)cc2)ccc1N1CCCC1. The van der Waals surface area contributed by atoms with Crippen LogP contribution in [0.4, 0.5) is 11.4 Å². The smallest absolute Gasteiger partial charge is 0.255 e. The average Bonchev–Trinajstić information content (AvgIpc) is 3.21. The third-order valence-corrected chi connectivity index (χ3v) is 4.98. The average molecular weight is 400 g/mol. The van der Waals surface area contributed by atoms with Gasteiger partial charge in [-0.05, 0) is 61.2 Å². The number of hydrogen-bond donors (Lipinski definition) is 2. The molecule has 148 valence electrons. The van der Waals surface area contributed by atoms with Crippen molar-refractivity contribution in [3.63, 3.8) is 0 Å². The summed E-state index contributed by atoms with van der Waals surface area (Å²) < 4.78 is 0. The summed E-state index contributed by atoms with van der Waals surface area (Å²) in [7, 11) is 0. The molecule has 2 aromatic rings. The number of carbonyl (C=O) groups is 2. The van der Waals surface area contributed by atoms with Crippen LogP contribution in [0.15, 0.2) is 42.5 Å². The third kappa shape index (κ3) is 5.04. The normalized spacial score (nSPS) is 13.6. The van der Waals surface area contributed by atoms with Crippen molar-refractivity contribution in [3.8, 4) is 0 Å². The number of hydrogen-bond acceptors (Lipinski definition) is 3. The largest absolute Gasteiger partial charge is 0.371 e.